The minimum Gasteiger partial charge on any atom is -0.456 e. The molecule has 0 rings (SSSR count). The van der Waals surface area contributed by atoms with E-state index >= 15 is 0 Å². The molecular weight excluding hydrogens is 710 g/mol. The van der Waals surface area contributed by atoms with Gasteiger partial charge in [0.15, 0.2) is 13.2 Å². The number of hydrogen-bond acceptors (Lipinski definition) is 8. The van der Waals surface area contributed by atoms with Crippen LogP contribution in [-0.4, -0.2) is 86.4 Å². The molecule has 0 bridgehead atoms. The molecule has 0 saturated carbocycles. The van der Waals surface area contributed by atoms with Gasteiger partial charge in [0, 0.05) is 26.7 Å². The van der Waals surface area contributed by atoms with Crippen LogP contribution in [0.1, 0.15) is 40.5 Å². The molecule has 0 heterocycles. The predicted octanol–water partition coefficient (Wildman–Crippen LogP) is 7.09. The summed E-state index contributed by atoms with van der Waals surface area (Å²) < 4.78 is 221. The molecule has 0 aromatic heterocycles. The first-order valence-electron chi connectivity index (χ1n) is 11.1. The fraction of sp³-hybridized carbons (Fsp3) is 0.800. The summed E-state index contributed by atoms with van der Waals surface area (Å²) >= 11 is 0. The molecule has 0 aromatic rings. The fourth-order valence-electron chi connectivity index (χ4n) is 1.47. The number of carbonyl (C=O) groups is 4. The third-order valence-electron chi connectivity index (χ3n) is 3.14. The van der Waals surface area contributed by atoms with Gasteiger partial charge in [-0.1, -0.05) is 13.8 Å². The van der Waals surface area contributed by atoms with E-state index in [4.69, 9.17) is 0 Å². The highest BCUT2D eigenvalue weighted by Crippen LogP contribution is 2.36. The van der Waals surface area contributed by atoms with E-state index < -0.39 is 92.8 Å². The van der Waals surface area contributed by atoms with Crippen LogP contribution in [0.15, 0.2) is 0 Å². The Morgan fingerprint density at radius 2 is 0.739 bits per heavy atom. The number of ether oxygens (including phenoxy) is 4. The zero-order valence-corrected chi connectivity index (χ0v) is 23.1. The average Bonchev–Trinajstić information content (AvgIpc) is 2.80. The Morgan fingerprint density at radius 3 is 0.913 bits per heavy atom. The highest BCUT2D eigenvalue weighted by atomic mass is 19.4. The molecule has 0 aliphatic rings. The van der Waals surface area contributed by atoms with Crippen LogP contribution in [-0.2, 0) is 38.1 Å². The zero-order valence-electron chi connectivity index (χ0n) is 23.1. The topological polar surface area (TPSA) is 105 Å². The molecule has 0 aromatic carbocycles. The third kappa shape index (κ3) is 32.0. The van der Waals surface area contributed by atoms with Crippen molar-refractivity contribution in [3.63, 3.8) is 0 Å². The van der Waals surface area contributed by atoms with E-state index in [1.807, 2.05) is 0 Å². The van der Waals surface area contributed by atoms with E-state index in [1.165, 1.54) is 6.92 Å². The normalized spacial score (nSPS) is 12.3. The molecule has 0 aliphatic heterocycles. The van der Waals surface area contributed by atoms with Gasteiger partial charge in [-0.25, -0.2) is 0 Å². The Bertz CT molecular complexity index is 887. The first-order valence-corrected chi connectivity index (χ1v) is 11.1. The molecule has 8 nitrogen and oxygen atoms in total. The molecule has 0 aliphatic carbocycles. The van der Waals surface area contributed by atoms with E-state index in [0.717, 1.165) is 13.8 Å². The summed E-state index contributed by atoms with van der Waals surface area (Å²) in [6.45, 7) is 0.920. The van der Waals surface area contributed by atoms with E-state index in [9.17, 15) is 98.2 Å². The molecular formula is C20H22F18O8. The van der Waals surface area contributed by atoms with Gasteiger partial charge in [0.2, 0.25) is 0 Å². The van der Waals surface area contributed by atoms with Crippen molar-refractivity contribution >= 4 is 23.9 Å². The maximum Gasteiger partial charge on any atom is 0.434 e. The van der Waals surface area contributed by atoms with Crippen LogP contribution in [0.2, 0.25) is 0 Å². The molecule has 276 valence electrons. The summed E-state index contributed by atoms with van der Waals surface area (Å²) in [4.78, 5) is 40.1. The van der Waals surface area contributed by atoms with Crippen molar-refractivity contribution < 1.29 is 117 Å². The highest BCUT2D eigenvalue weighted by molar-refractivity contribution is 5.69. The third-order valence-corrected chi connectivity index (χ3v) is 3.14. The number of alkyl halides is 18. The second kappa shape index (κ2) is 20.0. The first-order chi connectivity index (χ1) is 20.0. The van der Waals surface area contributed by atoms with Gasteiger partial charge in [-0.2, -0.15) is 79.0 Å². The average molecular weight is 732 g/mol. The Hall–Kier alpha value is -3.38. The van der Waals surface area contributed by atoms with Gasteiger partial charge in [0.1, 0.15) is 0 Å². The quantitative estimate of drug-likeness (QED) is 0.162. The van der Waals surface area contributed by atoms with E-state index in [0.29, 0.717) is 6.92 Å². The smallest absolute Gasteiger partial charge is 0.434 e. The highest BCUT2D eigenvalue weighted by Gasteiger charge is 2.60. The number of rotatable bonds is 6. The van der Waals surface area contributed by atoms with Crippen LogP contribution in [0.25, 0.3) is 0 Å². The maximum atomic E-state index is 11.7. The zero-order chi connectivity index (χ0) is 38.1. The summed E-state index contributed by atoms with van der Waals surface area (Å²) in [6.07, 6.45) is -40.0. The van der Waals surface area contributed by atoms with Gasteiger partial charge in [0.25, 0.3) is 12.2 Å². The number of halogens is 18. The molecule has 46 heavy (non-hydrogen) atoms. The van der Waals surface area contributed by atoms with Gasteiger partial charge < -0.3 is 18.9 Å². The van der Waals surface area contributed by atoms with Gasteiger partial charge in [0.05, 0.1) is 0 Å². The number of hydrogen-bond donors (Lipinski definition) is 0. The van der Waals surface area contributed by atoms with Crippen LogP contribution >= 0.6 is 0 Å². The lowest BCUT2D eigenvalue weighted by Gasteiger charge is -2.22. The predicted molar refractivity (Wildman–Crippen MR) is 110 cm³/mol. The molecule has 0 saturated heterocycles. The van der Waals surface area contributed by atoms with Crippen molar-refractivity contribution in [3.8, 4) is 0 Å². The SMILES string of the molecule is CC(=O)OC(C(F)(F)F)C(F)(F)F.CC(=O)OCC(F)(F)F.CCC(=O)OC(C(F)(F)F)C(F)(F)F.CCC(=O)OCC(F)(F)F. The van der Waals surface area contributed by atoms with Crippen molar-refractivity contribution in [2.45, 2.75) is 89.8 Å². The summed E-state index contributed by atoms with van der Waals surface area (Å²) in [5.41, 5.74) is 0. The van der Waals surface area contributed by atoms with Crippen LogP contribution in [0.3, 0.4) is 0 Å². The second-order valence-electron chi connectivity index (χ2n) is 7.40. The minimum absolute atomic E-state index is 0.0317. The van der Waals surface area contributed by atoms with Crippen LogP contribution in [0.5, 0.6) is 0 Å². The van der Waals surface area contributed by atoms with Crippen LogP contribution in [0.4, 0.5) is 79.0 Å². The molecule has 0 radical (unpaired) electrons. The standard InChI is InChI=1S/C6H6F6O2.C5H4F6O2.C5H7F3O2.C4H5F3O2/c1-2-3(13)14-4(5(7,8)9)6(10,11)12;1-2(12)13-3(4(6,7)8)5(9,10)11;1-2-4(9)10-3-5(6,7)8;1-3(8)9-2-4(5,6)7/h4H,2H2,1H3;3H,1H3;2-3H2,1H3;2H2,1H3. The van der Waals surface area contributed by atoms with E-state index in [-0.39, 0.29) is 6.42 Å². The van der Waals surface area contributed by atoms with Gasteiger partial charge >= 0.3 is 60.9 Å². The number of esters is 4. The minimum atomic E-state index is -5.64. The van der Waals surface area contributed by atoms with Crippen molar-refractivity contribution in [1.29, 1.82) is 0 Å². The lowest BCUT2D eigenvalue weighted by atomic mass is 10.3. The molecule has 26 heteroatoms. The van der Waals surface area contributed by atoms with E-state index in [1.54, 1.807) is 0 Å². The Morgan fingerprint density at radius 1 is 0.457 bits per heavy atom. The summed E-state index contributed by atoms with van der Waals surface area (Å²) in [6, 6.07) is 0. The van der Waals surface area contributed by atoms with Crippen LogP contribution in [0, 0.1) is 0 Å². The van der Waals surface area contributed by atoms with E-state index in [2.05, 4.69) is 18.9 Å². The molecule has 0 spiro atoms. The lowest BCUT2D eigenvalue weighted by Crippen LogP contribution is -2.45. The molecule has 0 fully saturated rings. The monoisotopic (exact) mass is 732 g/mol. The first kappa shape index (κ1) is 49.5. The van der Waals surface area contributed by atoms with Crippen molar-refractivity contribution in [2.75, 3.05) is 13.2 Å². The van der Waals surface area contributed by atoms with Crippen molar-refractivity contribution in [2.24, 2.45) is 0 Å². The summed E-state index contributed by atoms with van der Waals surface area (Å²) in [5, 5.41) is 0. The molecule has 0 amide bonds. The van der Waals surface area contributed by atoms with Gasteiger partial charge in [-0.15, -0.1) is 0 Å². The Balaban J connectivity index is -0.000000260. The Kier molecular flexibility index (Phi) is 21.5. The molecule has 0 unspecified atom stereocenters. The fourth-order valence-corrected chi connectivity index (χ4v) is 1.47. The lowest BCUT2D eigenvalue weighted by molar-refractivity contribution is -0.313. The molecule has 0 atom stereocenters. The number of carbonyl (C=O) groups excluding carboxylic acids is 4. The largest absolute Gasteiger partial charge is 0.456 e. The van der Waals surface area contributed by atoms with Crippen molar-refractivity contribution in [1.82, 2.24) is 0 Å². The van der Waals surface area contributed by atoms with Crippen molar-refractivity contribution in [3.05, 3.63) is 0 Å². The van der Waals surface area contributed by atoms with Gasteiger partial charge in [-0.05, 0) is 0 Å². The van der Waals surface area contributed by atoms with Gasteiger partial charge in [-0.3, -0.25) is 19.2 Å². The maximum absolute atomic E-state index is 11.7. The Labute approximate surface area is 245 Å². The molecule has 0 N–H and O–H groups in total. The summed E-state index contributed by atoms with van der Waals surface area (Å²) in [5.74, 6) is -4.95. The second-order valence-corrected chi connectivity index (χ2v) is 7.40. The summed E-state index contributed by atoms with van der Waals surface area (Å²) in [7, 11) is 0. The van der Waals surface area contributed by atoms with Crippen LogP contribution < -0.4 is 0 Å².